The van der Waals surface area contributed by atoms with Crippen molar-refractivity contribution in [3.8, 4) is 22.9 Å². The highest BCUT2D eigenvalue weighted by atomic mass is 19.4. The van der Waals surface area contributed by atoms with Gasteiger partial charge in [0.15, 0.2) is 0 Å². The summed E-state index contributed by atoms with van der Waals surface area (Å²) in [7, 11) is 0. The number of nitrogens with zero attached hydrogens (tertiary/aromatic N) is 6. The molecule has 13 heteroatoms. The van der Waals surface area contributed by atoms with E-state index in [4.69, 9.17) is 0 Å². The van der Waals surface area contributed by atoms with Crippen molar-refractivity contribution < 1.29 is 22.0 Å². The third-order valence-corrected chi connectivity index (χ3v) is 3.47. The van der Waals surface area contributed by atoms with E-state index in [1.807, 2.05) is 0 Å². The van der Waals surface area contributed by atoms with E-state index in [1.54, 1.807) is 5.10 Å². The molecule has 26 heavy (non-hydrogen) atoms. The molecule has 0 spiro atoms. The van der Waals surface area contributed by atoms with Gasteiger partial charge in [-0.25, -0.2) is 28.7 Å². The second kappa shape index (κ2) is 5.57. The molecule has 0 aromatic carbocycles. The molecule has 2 N–H and O–H groups in total. The van der Waals surface area contributed by atoms with Crippen LogP contribution < -0.4 is 0 Å². The Morgan fingerprint density at radius 2 is 1.92 bits per heavy atom. The molecule has 0 atom stereocenters. The number of imidazole rings is 2. The lowest BCUT2D eigenvalue weighted by molar-refractivity contribution is -0.144. The number of halogens is 5. The molecule has 0 fully saturated rings. The predicted molar refractivity (Wildman–Crippen MR) is 75.9 cm³/mol. The lowest BCUT2D eigenvalue weighted by atomic mass is 10.2. The summed E-state index contributed by atoms with van der Waals surface area (Å²) in [6.07, 6.45) is -2.79. The first-order valence-corrected chi connectivity index (χ1v) is 6.99. The molecule has 0 saturated carbocycles. The molecule has 0 aliphatic heterocycles. The molecule has 0 aliphatic carbocycles. The normalized spacial score (nSPS) is 12.4. The molecule has 0 saturated heterocycles. The number of rotatable bonds is 3. The number of hydrogen-bond acceptors (Lipinski definition) is 5. The van der Waals surface area contributed by atoms with Crippen molar-refractivity contribution in [2.24, 2.45) is 0 Å². The first kappa shape index (κ1) is 16.1. The molecule has 0 aliphatic rings. The predicted octanol–water partition coefficient (Wildman–Crippen LogP) is 2.86. The lowest BCUT2D eigenvalue weighted by Gasteiger charge is -2.03. The summed E-state index contributed by atoms with van der Waals surface area (Å²) in [5.74, 6) is -1.67. The van der Waals surface area contributed by atoms with Gasteiger partial charge < -0.3 is 4.98 Å². The van der Waals surface area contributed by atoms with Crippen LogP contribution in [0.15, 0.2) is 24.9 Å². The molecule has 8 nitrogen and oxygen atoms in total. The molecule has 0 radical (unpaired) electrons. The average Bonchev–Trinajstić information content (AvgIpc) is 3.31. The molecule has 4 aromatic rings. The maximum atomic E-state index is 13.0. The highest BCUT2D eigenvalue weighted by Crippen LogP contribution is 2.32. The van der Waals surface area contributed by atoms with E-state index in [2.05, 4.69) is 30.0 Å². The second-order valence-corrected chi connectivity index (χ2v) is 5.14. The Morgan fingerprint density at radius 1 is 1.12 bits per heavy atom. The average molecular weight is 370 g/mol. The molecule has 4 aromatic heterocycles. The lowest BCUT2D eigenvalue weighted by Crippen LogP contribution is -2.07. The van der Waals surface area contributed by atoms with Crippen molar-refractivity contribution in [2.75, 3.05) is 0 Å². The first-order chi connectivity index (χ1) is 12.3. The molecule has 134 valence electrons. The topological polar surface area (TPSA) is 100 Å². The van der Waals surface area contributed by atoms with Gasteiger partial charge in [-0.15, -0.1) is 0 Å². The zero-order valence-electron chi connectivity index (χ0n) is 12.5. The molecular weight excluding hydrogens is 363 g/mol. The van der Waals surface area contributed by atoms with E-state index in [0.29, 0.717) is 5.69 Å². The highest BCUT2D eigenvalue weighted by Gasteiger charge is 2.36. The molecule has 0 amide bonds. The van der Waals surface area contributed by atoms with E-state index in [9.17, 15) is 22.0 Å². The third kappa shape index (κ3) is 2.57. The van der Waals surface area contributed by atoms with Crippen LogP contribution >= 0.6 is 0 Å². The summed E-state index contributed by atoms with van der Waals surface area (Å²) >= 11 is 0. The zero-order valence-corrected chi connectivity index (χ0v) is 12.5. The summed E-state index contributed by atoms with van der Waals surface area (Å²) in [5.41, 5.74) is 0.0207. The van der Waals surface area contributed by atoms with Gasteiger partial charge in [0.05, 0.1) is 23.8 Å². The van der Waals surface area contributed by atoms with E-state index >= 15 is 0 Å². The van der Waals surface area contributed by atoms with Crippen LogP contribution in [0.2, 0.25) is 0 Å². The van der Waals surface area contributed by atoms with Crippen molar-refractivity contribution in [1.82, 2.24) is 39.5 Å². The van der Waals surface area contributed by atoms with Gasteiger partial charge >= 0.3 is 6.18 Å². The number of alkyl halides is 5. The van der Waals surface area contributed by atoms with Crippen LogP contribution in [0.25, 0.3) is 28.7 Å². The minimum Gasteiger partial charge on any atom is -0.343 e. The van der Waals surface area contributed by atoms with E-state index in [-0.39, 0.29) is 28.6 Å². The Kier molecular flexibility index (Phi) is 3.45. The van der Waals surface area contributed by atoms with E-state index < -0.39 is 18.4 Å². The first-order valence-electron chi connectivity index (χ1n) is 6.99. The SMILES string of the molecule is FC(F)c1cnc2nc(-c3n[nH]c(C(F)(F)F)n3)c(-c3cnc[nH]3)n2c1. The van der Waals surface area contributed by atoms with Gasteiger partial charge in [-0.1, -0.05) is 0 Å². The third-order valence-electron chi connectivity index (χ3n) is 3.47. The number of H-pyrrole nitrogens is 2. The quantitative estimate of drug-likeness (QED) is 0.540. The Bertz CT molecular complexity index is 1060. The summed E-state index contributed by atoms with van der Waals surface area (Å²) in [6, 6.07) is 0. The Balaban J connectivity index is 1.97. The Hall–Kier alpha value is -3.38. The van der Waals surface area contributed by atoms with Gasteiger partial charge in [0.25, 0.3) is 6.43 Å². The maximum Gasteiger partial charge on any atom is 0.451 e. The van der Waals surface area contributed by atoms with Gasteiger partial charge in [0.2, 0.25) is 17.4 Å². The molecule has 0 unspecified atom stereocenters. The Labute approximate surface area is 140 Å². The van der Waals surface area contributed by atoms with Crippen LogP contribution in [0.4, 0.5) is 22.0 Å². The minimum atomic E-state index is -4.72. The van der Waals surface area contributed by atoms with Crippen molar-refractivity contribution in [3.05, 3.63) is 36.3 Å². The summed E-state index contributed by atoms with van der Waals surface area (Å²) in [5, 5.41) is 5.32. The summed E-state index contributed by atoms with van der Waals surface area (Å²) in [4.78, 5) is 17.9. The fourth-order valence-corrected chi connectivity index (χ4v) is 2.35. The smallest absolute Gasteiger partial charge is 0.343 e. The molecule has 4 heterocycles. The van der Waals surface area contributed by atoms with Crippen LogP contribution in [0.3, 0.4) is 0 Å². The van der Waals surface area contributed by atoms with Crippen LogP contribution in [-0.4, -0.2) is 39.5 Å². The van der Waals surface area contributed by atoms with Crippen molar-refractivity contribution >= 4 is 5.78 Å². The fraction of sp³-hybridized carbons (Fsp3) is 0.154. The monoisotopic (exact) mass is 370 g/mol. The largest absolute Gasteiger partial charge is 0.451 e. The zero-order chi connectivity index (χ0) is 18.5. The van der Waals surface area contributed by atoms with Gasteiger partial charge in [-0.05, 0) is 0 Å². The maximum absolute atomic E-state index is 13.0. The summed E-state index contributed by atoms with van der Waals surface area (Å²) in [6.45, 7) is 0. The van der Waals surface area contributed by atoms with Gasteiger partial charge in [-0.2, -0.15) is 18.3 Å². The Morgan fingerprint density at radius 3 is 2.54 bits per heavy atom. The number of aromatic amines is 2. The van der Waals surface area contributed by atoms with Crippen molar-refractivity contribution in [3.63, 3.8) is 0 Å². The standard InChI is InChI=1S/C13H7F5N8/c14-9(15)5-1-20-12-22-7(10-23-11(25-24-10)13(16,17)18)8(26(12)3-5)6-2-19-4-21-6/h1-4,9H,(H,19,21)(H,23,24,25). The van der Waals surface area contributed by atoms with Crippen LogP contribution in [0.1, 0.15) is 17.8 Å². The minimum absolute atomic E-state index is 0.00708. The van der Waals surface area contributed by atoms with Crippen molar-refractivity contribution in [2.45, 2.75) is 12.6 Å². The van der Waals surface area contributed by atoms with E-state index in [1.165, 1.54) is 16.9 Å². The molecular formula is C13H7F5N8. The van der Waals surface area contributed by atoms with Gasteiger partial charge in [0, 0.05) is 12.4 Å². The number of aromatic nitrogens is 8. The number of hydrogen-bond donors (Lipinski definition) is 2. The van der Waals surface area contributed by atoms with Crippen molar-refractivity contribution in [1.29, 1.82) is 0 Å². The number of fused-ring (bicyclic) bond motifs is 1. The highest BCUT2D eigenvalue weighted by molar-refractivity contribution is 5.76. The number of nitrogens with one attached hydrogen (secondary N) is 2. The van der Waals surface area contributed by atoms with Gasteiger partial charge in [-0.3, -0.25) is 9.50 Å². The second-order valence-electron chi connectivity index (χ2n) is 5.14. The fourth-order valence-electron chi connectivity index (χ4n) is 2.35. The van der Waals surface area contributed by atoms with Crippen LogP contribution in [-0.2, 0) is 6.18 Å². The van der Waals surface area contributed by atoms with Gasteiger partial charge in [0.1, 0.15) is 11.4 Å². The molecule has 4 rings (SSSR count). The van der Waals surface area contributed by atoms with E-state index in [0.717, 1.165) is 12.4 Å². The molecule has 0 bridgehead atoms. The van der Waals surface area contributed by atoms with Crippen LogP contribution in [0.5, 0.6) is 0 Å². The summed E-state index contributed by atoms with van der Waals surface area (Å²) < 4.78 is 65.5. The van der Waals surface area contributed by atoms with Crippen LogP contribution in [0, 0.1) is 0 Å².